The number of rotatable bonds is 5. The van der Waals surface area contributed by atoms with Gasteiger partial charge in [0.25, 0.3) is 0 Å². The summed E-state index contributed by atoms with van der Waals surface area (Å²) in [5.74, 6) is 0.333. The second-order valence-electron chi connectivity index (χ2n) is 5.27. The van der Waals surface area contributed by atoms with Crippen molar-refractivity contribution >= 4 is 5.91 Å². The fourth-order valence-electron chi connectivity index (χ4n) is 2.77. The number of hydrogen-bond acceptors (Lipinski definition) is 3. The van der Waals surface area contributed by atoms with Crippen molar-refractivity contribution in [3.8, 4) is 5.75 Å². The van der Waals surface area contributed by atoms with E-state index in [4.69, 9.17) is 0 Å². The first-order valence-corrected chi connectivity index (χ1v) is 6.94. The first-order chi connectivity index (χ1) is 9.18. The lowest BCUT2D eigenvalue weighted by Gasteiger charge is -2.26. The molecule has 3 N–H and O–H groups in total. The minimum Gasteiger partial charge on any atom is -0.508 e. The van der Waals surface area contributed by atoms with Gasteiger partial charge in [-0.3, -0.25) is 4.79 Å². The van der Waals surface area contributed by atoms with Crippen LogP contribution in [0.5, 0.6) is 5.75 Å². The van der Waals surface area contributed by atoms with Crippen molar-refractivity contribution in [2.24, 2.45) is 5.41 Å². The lowest BCUT2D eigenvalue weighted by atomic mass is 9.81. The minimum atomic E-state index is -0.265. The van der Waals surface area contributed by atoms with Crippen LogP contribution in [-0.2, 0) is 11.3 Å². The number of hydrogen-bond donors (Lipinski definition) is 3. The number of aromatic hydroxyl groups is 1. The first kappa shape index (κ1) is 13.9. The predicted octanol–water partition coefficient (Wildman–Crippen LogP) is 1.79. The molecular formula is C15H22N2O2. The Labute approximate surface area is 114 Å². The molecule has 0 bridgehead atoms. The molecule has 0 aromatic heterocycles. The maximum atomic E-state index is 12.4. The molecule has 1 atom stereocenters. The highest BCUT2D eigenvalue weighted by Crippen LogP contribution is 2.31. The number of carbonyl (C=O) groups excluding carboxylic acids is 1. The topological polar surface area (TPSA) is 61.4 Å². The SMILES string of the molecule is CCCC1(C(=O)NCc2ccccc2O)CCNC1. The number of amides is 1. The summed E-state index contributed by atoms with van der Waals surface area (Å²) in [5.41, 5.74) is 0.493. The van der Waals surface area contributed by atoms with E-state index in [0.717, 1.165) is 37.9 Å². The van der Waals surface area contributed by atoms with Gasteiger partial charge in [-0.1, -0.05) is 31.5 Å². The van der Waals surface area contributed by atoms with Gasteiger partial charge in [-0.15, -0.1) is 0 Å². The predicted molar refractivity (Wildman–Crippen MR) is 74.8 cm³/mol. The van der Waals surface area contributed by atoms with Crippen molar-refractivity contribution in [2.75, 3.05) is 13.1 Å². The molecule has 1 heterocycles. The highest BCUT2D eigenvalue weighted by molar-refractivity contribution is 5.83. The van der Waals surface area contributed by atoms with Gasteiger partial charge in [-0.05, 0) is 25.5 Å². The molecule has 1 aromatic rings. The van der Waals surface area contributed by atoms with Crippen molar-refractivity contribution in [3.05, 3.63) is 29.8 Å². The van der Waals surface area contributed by atoms with Crippen LogP contribution in [0, 0.1) is 5.41 Å². The van der Waals surface area contributed by atoms with Gasteiger partial charge in [0, 0.05) is 18.7 Å². The molecule has 1 aliphatic rings. The van der Waals surface area contributed by atoms with Gasteiger partial charge in [0.1, 0.15) is 5.75 Å². The van der Waals surface area contributed by atoms with E-state index < -0.39 is 0 Å². The molecule has 4 nitrogen and oxygen atoms in total. The average molecular weight is 262 g/mol. The fraction of sp³-hybridized carbons (Fsp3) is 0.533. The summed E-state index contributed by atoms with van der Waals surface area (Å²) >= 11 is 0. The van der Waals surface area contributed by atoms with Crippen molar-refractivity contribution in [1.29, 1.82) is 0 Å². The highest BCUT2D eigenvalue weighted by atomic mass is 16.3. The Morgan fingerprint density at radius 3 is 2.89 bits per heavy atom. The van der Waals surface area contributed by atoms with E-state index in [0.29, 0.717) is 6.54 Å². The molecule has 0 saturated carbocycles. The van der Waals surface area contributed by atoms with Gasteiger partial charge >= 0.3 is 0 Å². The van der Waals surface area contributed by atoms with Gasteiger partial charge in [0.15, 0.2) is 0 Å². The average Bonchev–Trinajstić information content (AvgIpc) is 2.88. The zero-order valence-electron chi connectivity index (χ0n) is 11.4. The molecule has 0 spiro atoms. The van der Waals surface area contributed by atoms with Crippen molar-refractivity contribution in [2.45, 2.75) is 32.7 Å². The zero-order chi connectivity index (χ0) is 13.7. The first-order valence-electron chi connectivity index (χ1n) is 6.94. The zero-order valence-corrected chi connectivity index (χ0v) is 11.4. The Bertz CT molecular complexity index is 440. The summed E-state index contributed by atoms with van der Waals surface area (Å²) in [6.45, 7) is 4.16. The van der Waals surface area contributed by atoms with Gasteiger partial charge in [-0.25, -0.2) is 0 Å². The summed E-state index contributed by atoms with van der Waals surface area (Å²) in [7, 11) is 0. The van der Waals surface area contributed by atoms with Crippen LogP contribution < -0.4 is 10.6 Å². The number of phenolic OH excluding ortho intramolecular Hbond substituents is 1. The molecule has 2 rings (SSSR count). The summed E-state index contributed by atoms with van der Waals surface area (Å²) in [6, 6.07) is 7.11. The molecule has 19 heavy (non-hydrogen) atoms. The maximum Gasteiger partial charge on any atom is 0.227 e. The lowest BCUT2D eigenvalue weighted by Crippen LogP contribution is -2.42. The van der Waals surface area contributed by atoms with E-state index in [1.54, 1.807) is 12.1 Å². The number of para-hydroxylation sites is 1. The summed E-state index contributed by atoms with van der Waals surface area (Å²) < 4.78 is 0. The van der Waals surface area contributed by atoms with E-state index >= 15 is 0 Å². The largest absolute Gasteiger partial charge is 0.508 e. The van der Waals surface area contributed by atoms with Crippen molar-refractivity contribution in [1.82, 2.24) is 10.6 Å². The van der Waals surface area contributed by atoms with Crippen LogP contribution in [0.4, 0.5) is 0 Å². The van der Waals surface area contributed by atoms with Crippen LogP contribution in [0.2, 0.25) is 0 Å². The van der Waals surface area contributed by atoms with E-state index in [2.05, 4.69) is 17.6 Å². The Hall–Kier alpha value is -1.55. The molecule has 4 heteroatoms. The molecule has 1 saturated heterocycles. The molecular weight excluding hydrogens is 240 g/mol. The number of nitrogens with one attached hydrogen (secondary N) is 2. The van der Waals surface area contributed by atoms with Gasteiger partial charge in [0.2, 0.25) is 5.91 Å². The monoisotopic (exact) mass is 262 g/mol. The van der Waals surface area contributed by atoms with Crippen molar-refractivity contribution < 1.29 is 9.90 Å². The normalized spacial score (nSPS) is 22.4. The fourth-order valence-corrected chi connectivity index (χ4v) is 2.77. The second kappa shape index (κ2) is 6.06. The summed E-state index contributed by atoms with van der Waals surface area (Å²) in [6.07, 6.45) is 2.81. The quantitative estimate of drug-likeness (QED) is 0.758. The molecule has 1 unspecified atom stereocenters. The van der Waals surface area contributed by atoms with Crippen LogP contribution in [0.3, 0.4) is 0 Å². The van der Waals surface area contributed by atoms with Crippen LogP contribution in [-0.4, -0.2) is 24.1 Å². The van der Waals surface area contributed by atoms with Crippen LogP contribution in [0.15, 0.2) is 24.3 Å². The molecule has 1 aliphatic heterocycles. The van der Waals surface area contributed by atoms with Crippen LogP contribution in [0.1, 0.15) is 31.7 Å². The molecule has 1 aromatic carbocycles. The molecule has 0 aliphatic carbocycles. The molecule has 1 amide bonds. The highest BCUT2D eigenvalue weighted by Gasteiger charge is 2.39. The smallest absolute Gasteiger partial charge is 0.227 e. The van der Waals surface area contributed by atoms with Crippen LogP contribution in [0.25, 0.3) is 0 Å². The molecule has 0 radical (unpaired) electrons. The Morgan fingerprint density at radius 2 is 2.26 bits per heavy atom. The minimum absolute atomic E-state index is 0.0996. The number of benzene rings is 1. The van der Waals surface area contributed by atoms with Crippen LogP contribution >= 0.6 is 0 Å². The van der Waals surface area contributed by atoms with E-state index in [-0.39, 0.29) is 17.1 Å². The number of phenols is 1. The van der Waals surface area contributed by atoms with E-state index in [1.807, 2.05) is 12.1 Å². The van der Waals surface area contributed by atoms with Gasteiger partial charge in [-0.2, -0.15) is 0 Å². The van der Waals surface area contributed by atoms with Gasteiger partial charge in [0.05, 0.1) is 5.41 Å². The third-order valence-corrected chi connectivity index (χ3v) is 3.88. The molecule has 1 fully saturated rings. The summed E-state index contributed by atoms with van der Waals surface area (Å²) in [4.78, 5) is 12.4. The molecule has 104 valence electrons. The third kappa shape index (κ3) is 3.07. The van der Waals surface area contributed by atoms with Crippen molar-refractivity contribution in [3.63, 3.8) is 0 Å². The number of carbonyl (C=O) groups is 1. The van der Waals surface area contributed by atoms with E-state index in [1.165, 1.54) is 0 Å². The Morgan fingerprint density at radius 1 is 1.47 bits per heavy atom. The second-order valence-corrected chi connectivity index (χ2v) is 5.27. The standard InChI is InChI=1S/C15H22N2O2/c1-2-7-15(8-9-16-11-15)14(19)17-10-12-5-3-4-6-13(12)18/h3-6,16,18H,2,7-11H2,1H3,(H,17,19). The van der Waals surface area contributed by atoms with E-state index in [9.17, 15) is 9.90 Å². The Balaban J connectivity index is 1.98. The summed E-state index contributed by atoms with van der Waals surface area (Å²) in [5, 5.41) is 15.9. The lowest BCUT2D eigenvalue weighted by molar-refractivity contribution is -0.130. The maximum absolute atomic E-state index is 12.4. The van der Waals surface area contributed by atoms with Gasteiger partial charge < -0.3 is 15.7 Å². The Kier molecular flexibility index (Phi) is 4.43. The third-order valence-electron chi connectivity index (χ3n) is 3.88.